The molecular weight excluding hydrogens is 369 g/mol. The first-order valence-electron chi connectivity index (χ1n) is 10.1. The lowest BCUT2D eigenvalue weighted by Crippen LogP contribution is -2.39. The second-order valence-electron chi connectivity index (χ2n) is 8.74. The van der Waals surface area contributed by atoms with Crippen molar-refractivity contribution in [2.75, 3.05) is 13.1 Å². The zero-order valence-electron chi connectivity index (χ0n) is 15.6. The lowest BCUT2D eigenvalue weighted by Gasteiger charge is -2.37. The molecule has 1 aromatic heterocycles. The number of hydrogen-bond donors (Lipinski definition) is 0. The Bertz CT molecular complexity index is 673. The first-order chi connectivity index (χ1) is 12.8. The van der Waals surface area contributed by atoms with Crippen molar-refractivity contribution >= 4 is 8.68 Å². The summed E-state index contributed by atoms with van der Waals surface area (Å²) in [6.45, 7) is 2.30. The van der Waals surface area contributed by atoms with Gasteiger partial charge in [0.2, 0.25) is 0 Å². The van der Waals surface area contributed by atoms with Crippen LogP contribution in [0.1, 0.15) is 62.1 Å². The van der Waals surface area contributed by atoms with Crippen LogP contribution < -0.4 is 0 Å². The highest BCUT2D eigenvalue weighted by Crippen LogP contribution is 2.45. The Kier molecular flexibility index (Phi) is 5.27. The summed E-state index contributed by atoms with van der Waals surface area (Å²) in [4.78, 5) is 6.27. The molecule has 3 heterocycles. The molecule has 0 atom stereocenters. The summed E-state index contributed by atoms with van der Waals surface area (Å²) >= 11 is 0. The maximum Gasteiger partial charge on any atom is 0.433 e. The van der Waals surface area contributed by atoms with E-state index in [1.54, 1.807) is 6.07 Å². The van der Waals surface area contributed by atoms with Gasteiger partial charge in [0.1, 0.15) is 5.69 Å². The Morgan fingerprint density at radius 1 is 1.07 bits per heavy atom. The maximum absolute atomic E-state index is 12.7. The number of pyridine rings is 1. The van der Waals surface area contributed by atoms with Crippen molar-refractivity contribution in [3.8, 4) is 0 Å². The molecule has 0 N–H and O–H groups in total. The fourth-order valence-electron chi connectivity index (χ4n) is 5.34. The molecule has 0 bridgehead atoms. The van der Waals surface area contributed by atoms with Gasteiger partial charge in [-0.25, -0.2) is 0 Å². The molecule has 1 spiro atoms. The smallest absolute Gasteiger partial charge is 0.388 e. The molecule has 27 heavy (non-hydrogen) atoms. The van der Waals surface area contributed by atoms with E-state index in [1.807, 2.05) is 0 Å². The van der Waals surface area contributed by atoms with Gasteiger partial charge in [-0.15, -0.1) is 0 Å². The summed E-state index contributed by atoms with van der Waals surface area (Å²) in [6.07, 6.45) is 4.82. The zero-order chi connectivity index (χ0) is 19.1. The SMILES string of the molecule is O=[Si]1CCC2(CCN(C3CCC(c4ccc(C(F)(F)F)nc4)CC3)C2)CC1. The average molecular weight is 397 g/mol. The van der Waals surface area contributed by atoms with Crippen molar-refractivity contribution in [3.05, 3.63) is 29.6 Å². The number of rotatable bonds is 2. The van der Waals surface area contributed by atoms with Crippen molar-refractivity contribution in [2.45, 2.75) is 75.2 Å². The first kappa shape index (κ1) is 19.2. The first-order valence-corrected chi connectivity index (χ1v) is 12.0. The third kappa shape index (κ3) is 4.19. The van der Waals surface area contributed by atoms with Gasteiger partial charge in [-0.1, -0.05) is 6.07 Å². The van der Waals surface area contributed by atoms with Crippen LogP contribution in [0.4, 0.5) is 13.2 Å². The standard InChI is InChI=1S/C20H27F3N2OSi/c21-20(22,23)18-6-3-16(13-24-18)15-1-4-17(5-2-15)25-10-7-19(14-25)8-11-27(26)12-9-19/h3,6,13,15,17H,1-2,4-5,7-12,14H2. The van der Waals surface area contributed by atoms with Crippen molar-refractivity contribution < 1.29 is 17.6 Å². The largest absolute Gasteiger partial charge is 0.433 e. The highest BCUT2D eigenvalue weighted by molar-refractivity contribution is 6.43. The van der Waals surface area contributed by atoms with Gasteiger partial charge in [0.25, 0.3) is 8.68 Å². The van der Waals surface area contributed by atoms with Crippen molar-refractivity contribution in [3.63, 3.8) is 0 Å². The molecule has 0 amide bonds. The summed E-state index contributed by atoms with van der Waals surface area (Å²) < 4.78 is 49.8. The molecule has 148 valence electrons. The van der Waals surface area contributed by atoms with E-state index >= 15 is 0 Å². The molecule has 3 fully saturated rings. The van der Waals surface area contributed by atoms with Gasteiger partial charge in [-0.05, 0) is 86.5 Å². The van der Waals surface area contributed by atoms with E-state index in [9.17, 15) is 17.6 Å². The molecule has 1 saturated carbocycles. The van der Waals surface area contributed by atoms with Gasteiger partial charge in [-0.3, -0.25) is 9.88 Å². The predicted octanol–water partition coefficient (Wildman–Crippen LogP) is 5.03. The third-order valence-electron chi connectivity index (χ3n) is 7.10. The number of nitrogens with zero attached hydrogens (tertiary/aromatic N) is 2. The molecule has 3 nitrogen and oxygen atoms in total. The van der Waals surface area contributed by atoms with E-state index in [4.69, 9.17) is 0 Å². The Balaban J connectivity index is 1.31. The Morgan fingerprint density at radius 2 is 1.78 bits per heavy atom. The molecule has 0 aromatic carbocycles. The lowest BCUT2D eigenvalue weighted by molar-refractivity contribution is -0.141. The minimum absolute atomic E-state index is 0.327. The molecule has 2 aliphatic heterocycles. The summed E-state index contributed by atoms with van der Waals surface area (Å²) in [6, 6.07) is 5.19. The van der Waals surface area contributed by atoms with Gasteiger partial charge in [0, 0.05) is 18.8 Å². The Morgan fingerprint density at radius 3 is 2.37 bits per heavy atom. The zero-order valence-corrected chi connectivity index (χ0v) is 16.6. The van der Waals surface area contributed by atoms with Crippen LogP contribution in [-0.4, -0.2) is 37.7 Å². The molecule has 7 heteroatoms. The van der Waals surface area contributed by atoms with Crippen LogP contribution in [0.3, 0.4) is 0 Å². The average Bonchev–Trinajstić information content (AvgIpc) is 3.08. The molecule has 2 saturated heterocycles. The summed E-state index contributed by atoms with van der Waals surface area (Å²) in [5.74, 6) is 0.327. The molecule has 1 aliphatic carbocycles. The van der Waals surface area contributed by atoms with Gasteiger partial charge >= 0.3 is 6.18 Å². The van der Waals surface area contributed by atoms with Gasteiger partial charge in [0.15, 0.2) is 0 Å². The van der Waals surface area contributed by atoms with E-state index in [0.29, 0.717) is 17.4 Å². The van der Waals surface area contributed by atoms with Crippen LogP contribution in [0, 0.1) is 5.41 Å². The van der Waals surface area contributed by atoms with Crippen LogP contribution >= 0.6 is 0 Å². The quantitative estimate of drug-likeness (QED) is 0.657. The van der Waals surface area contributed by atoms with Crippen LogP contribution in [0.5, 0.6) is 0 Å². The topological polar surface area (TPSA) is 33.2 Å². The second-order valence-corrected chi connectivity index (χ2v) is 10.8. The summed E-state index contributed by atoms with van der Waals surface area (Å²) in [5, 5.41) is 0. The molecular formula is C20H27F3N2OSi. The van der Waals surface area contributed by atoms with E-state index in [2.05, 4.69) is 9.88 Å². The van der Waals surface area contributed by atoms with E-state index in [1.165, 1.54) is 12.6 Å². The van der Waals surface area contributed by atoms with Gasteiger partial charge < -0.3 is 4.46 Å². The normalized spacial score (nSPS) is 29.4. The van der Waals surface area contributed by atoms with E-state index in [0.717, 1.165) is 75.3 Å². The maximum atomic E-state index is 12.7. The lowest BCUT2D eigenvalue weighted by atomic mass is 9.80. The third-order valence-corrected chi connectivity index (χ3v) is 8.71. The van der Waals surface area contributed by atoms with Crippen molar-refractivity contribution in [2.24, 2.45) is 5.41 Å². The molecule has 0 radical (unpaired) electrons. The van der Waals surface area contributed by atoms with Crippen LogP contribution in [0.25, 0.3) is 0 Å². The van der Waals surface area contributed by atoms with Crippen LogP contribution in [-0.2, 0) is 10.6 Å². The highest BCUT2D eigenvalue weighted by atomic mass is 28.3. The van der Waals surface area contributed by atoms with Crippen molar-refractivity contribution in [1.29, 1.82) is 0 Å². The monoisotopic (exact) mass is 396 g/mol. The second kappa shape index (κ2) is 7.39. The summed E-state index contributed by atoms with van der Waals surface area (Å²) in [5.41, 5.74) is 0.543. The van der Waals surface area contributed by atoms with E-state index in [-0.39, 0.29) is 0 Å². The number of aromatic nitrogens is 1. The van der Waals surface area contributed by atoms with Crippen molar-refractivity contribution in [1.82, 2.24) is 9.88 Å². The minimum atomic E-state index is -4.37. The fourth-order valence-corrected chi connectivity index (χ4v) is 7.21. The van der Waals surface area contributed by atoms with Crippen LogP contribution in [0.2, 0.25) is 12.1 Å². The summed E-state index contributed by atoms with van der Waals surface area (Å²) in [7, 11) is -1.29. The number of alkyl halides is 3. The Labute approximate surface area is 160 Å². The number of halogens is 3. The Hall–Kier alpha value is -1.08. The highest BCUT2D eigenvalue weighted by Gasteiger charge is 2.43. The fraction of sp³-hybridized carbons (Fsp3) is 0.750. The predicted molar refractivity (Wildman–Crippen MR) is 98.1 cm³/mol. The van der Waals surface area contributed by atoms with Gasteiger partial charge in [0.05, 0.1) is 0 Å². The van der Waals surface area contributed by atoms with Gasteiger partial charge in [-0.2, -0.15) is 13.2 Å². The molecule has 0 unspecified atom stereocenters. The minimum Gasteiger partial charge on any atom is -0.388 e. The van der Waals surface area contributed by atoms with Crippen LogP contribution in [0.15, 0.2) is 18.3 Å². The number of likely N-dealkylation sites (tertiary alicyclic amines) is 1. The number of hydrogen-bond acceptors (Lipinski definition) is 3. The molecule has 3 aliphatic rings. The van der Waals surface area contributed by atoms with E-state index < -0.39 is 20.6 Å². The molecule has 4 rings (SSSR count). The molecule has 1 aromatic rings.